The lowest BCUT2D eigenvalue weighted by molar-refractivity contribution is -0.119. The number of imidazole rings is 1. The van der Waals surface area contributed by atoms with Crippen LogP contribution in [0.5, 0.6) is 0 Å². The van der Waals surface area contributed by atoms with E-state index < -0.39 is 0 Å². The maximum atomic E-state index is 12.4. The van der Waals surface area contributed by atoms with Gasteiger partial charge in [-0.15, -0.1) is 0 Å². The zero-order valence-corrected chi connectivity index (χ0v) is 17.7. The van der Waals surface area contributed by atoms with Crippen LogP contribution in [-0.4, -0.2) is 64.5 Å². The molecule has 0 aromatic carbocycles. The Labute approximate surface area is 162 Å². The average molecular weight is 383 g/mol. The van der Waals surface area contributed by atoms with E-state index in [9.17, 15) is 4.79 Å². The number of morpholine rings is 1. The predicted molar refractivity (Wildman–Crippen MR) is 107 cm³/mol. The molecule has 1 aliphatic rings. The molecule has 1 N–H and O–H groups in total. The number of rotatable bonds is 9. The third kappa shape index (κ3) is 5.72. The molecule has 0 radical (unpaired) electrons. The summed E-state index contributed by atoms with van der Waals surface area (Å²) in [4.78, 5) is 19.4. The Hall–Kier alpha value is -1.05. The van der Waals surface area contributed by atoms with Crippen molar-refractivity contribution in [2.75, 3.05) is 38.6 Å². The van der Waals surface area contributed by atoms with Gasteiger partial charge in [-0.1, -0.05) is 25.1 Å². The summed E-state index contributed by atoms with van der Waals surface area (Å²) in [5.41, 5.74) is 2.20. The van der Waals surface area contributed by atoms with Gasteiger partial charge < -0.3 is 14.6 Å². The van der Waals surface area contributed by atoms with E-state index in [4.69, 9.17) is 4.74 Å². The number of aromatic nitrogens is 2. The first kappa shape index (κ1) is 21.3. The van der Waals surface area contributed by atoms with Crippen LogP contribution >= 0.6 is 11.8 Å². The molecule has 26 heavy (non-hydrogen) atoms. The van der Waals surface area contributed by atoms with Gasteiger partial charge in [0.2, 0.25) is 5.91 Å². The number of nitrogens with zero attached hydrogens (tertiary/aromatic N) is 3. The molecule has 7 heteroatoms. The van der Waals surface area contributed by atoms with Crippen LogP contribution in [0.2, 0.25) is 0 Å². The van der Waals surface area contributed by atoms with Crippen LogP contribution in [0, 0.1) is 13.8 Å². The number of hydrogen-bond donors (Lipinski definition) is 1. The molecule has 1 aliphatic heterocycles. The van der Waals surface area contributed by atoms with E-state index in [1.807, 2.05) is 6.92 Å². The fourth-order valence-corrected chi connectivity index (χ4v) is 4.04. The number of aryl methyl sites for hydroxylation is 1. The molecule has 0 bridgehead atoms. The quantitative estimate of drug-likeness (QED) is 0.665. The number of carbonyl (C=O) groups is 1. The Morgan fingerprint density at radius 1 is 1.31 bits per heavy atom. The van der Waals surface area contributed by atoms with Crippen LogP contribution in [0.3, 0.4) is 0 Å². The number of nitrogens with one attached hydrogen (secondary N) is 1. The van der Waals surface area contributed by atoms with E-state index in [2.05, 4.69) is 47.5 Å². The first-order chi connectivity index (χ1) is 12.3. The normalized spacial score (nSPS) is 16.0. The van der Waals surface area contributed by atoms with Gasteiger partial charge in [0.25, 0.3) is 0 Å². The standard InChI is InChI=1S/C19H34N4O2S/c1-6-7-8-23-16(3)15(2)21-18(23)26-13-17(24)20-14-19(4,5)22-9-11-25-12-10-22/h6-14H2,1-5H3,(H,20,24). The average Bonchev–Trinajstić information content (AvgIpc) is 2.91. The van der Waals surface area contributed by atoms with Crippen molar-refractivity contribution in [2.45, 2.75) is 64.7 Å². The van der Waals surface area contributed by atoms with Crippen LogP contribution < -0.4 is 5.32 Å². The van der Waals surface area contributed by atoms with Gasteiger partial charge in [-0.25, -0.2) is 4.98 Å². The van der Waals surface area contributed by atoms with Crippen molar-refractivity contribution in [1.29, 1.82) is 0 Å². The highest BCUT2D eigenvalue weighted by Gasteiger charge is 2.28. The second-order valence-corrected chi connectivity index (χ2v) is 8.49. The van der Waals surface area contributed by atoms with Crippen LogP contribution in [0.1, 0.15) is 45.0 Å². The third-order valence-electron chi connectivity index (χ3n) is 5.08. The van der Waals surface area contributed by atoms with Gasteiger partial charge in [0, 0.05) is 37.4 Å². The molecule has 0 spiro atoms. The van der Waals surface area contributed by atoms with Crippen molar-refractivity contribution in [1.82, 2.24) is 19.8 Å². The molecule has 1 saturated heterocycles. The number of amides is 1. The Kier molecular flexibility index (Phi) is 7.98. The van der Waals surface area contributed by atoms with Crippen LogP contribution in [0.25, 0.3) is 0 Å². The summed E-state index contributed by atoms with van der Waals surface area (Å²) in [5, 5.41) is 4.05. The molecule has 2 rings (SSSR count). The first-order valence-corrected chi connectivity index (χ1v) is 10.6. The van der Waals surface area contributed by atoms with Gasteiger partial charge >= 0.3 is 0 Å². The number of hydrogen-bond acceptors (Lipinski definition) is 5. The maximum Gasteiger partial charge on any atom is 0.230 e. The van der Waals surface area contributed by atoms with Gasteiger partial charge in [-0.2, -0.15) is 0 Å². The fourth-order valence-electron chi connectivity index (χ4n) is 3.09. The minimum absolute atomic E-state index is 0.0587. The van der Waals surface area contributed by atoms with Crippen molar-refractivity contribution in [2.24, 2.45) is 0 Å². The van der Waals surface area contributed by atoms with Gasteiger partial charge in [-0.05, 0) is 34.1 Å². The van der Waals surface area contributed by atoms with E-state index in [1.165, 1.54) is 17.5 Å². The largest absolute Gasteiger partial charge is 0.379 e. The summed E-state index contributed by atoms with van der Waals surface area (Å²) in [6, 6.07) is 0. The van der Waals surface area contributed by atoms with Gasteiger partial charge in [-0.3, -0.25) is 9.69 Å². The summed E-state index contributed by atoms with van der Waals surface area (Å²) in [7, 11) is 0. The summed E-state index contributed by atoms with van der Waals surface area (Å²) < 4.78 is 7.66. The highest BCUT2D eigenvalue weighted by molar-refractivity contribution is 7.99. The van der Waals surface area contributed by atoms with E-state index in [-0.39, 0.29) is 11.4 Å². The molecule has 1 aromatic heterocycles. The fraction of sp³-hybridized carbons (Fsp3) is 0.789. The lowest BCUT2D eigenvalue weighted by Gasteiger charge is -2.40. The van der Waals surface area contributed by atoms with Crippen molar-refractivity contribution < 1.29 is 9.53 Å². The molecular formula is C19H34N4O2S. The minimum atomic E-state index is -0.0587. The number of unbranched alkanes of at least 4 members (excludes halogenated alkanes) is 1. The van der Waals surface area contributed by atoms with E-state index in [0.717, 1.165) is 56.5 Å². The summed E-state index contributed by atoms with van der Waals surface area (Å²) in [5.74, 6) is 0.470. The predicted octanol–water partition coefficient (Wildman–Crippen LogP) is 2.62. The zero-order chi connectivity index (χ0) is 19.2. The van der Waals surface area contributed by atoms with E-state index in [1.54, 1.807) is 0 Å². The summed E-state index contributed by atoms with van der Waals surface area (Å²) in [6.45, 7) is 15.7. The lowest BCUT2D eigenvalue weighted by Crippen LogP contribution is -2.55. The molecule has 0 unspecified atom stereocenters. The zero-order valence-electron chi connectivity index (χ0n) is 16.9. The molecule has 0 saturated carbocycles. The Morgan fingerprint density at radius 2 is 2.00 bits per heavy atom. The first-order valence-electron chi connectivity index (χ1n) is 9.61. The molecule has 0 aliphatic carbocycles. The highest BCUT2D eigenvalue weighted by Crippen LogP contribution is 2.22. The van der Waals surface area contributed by atoms with Crippen molar-refractivity contribution >= 4 is 17.7 Å². The van der Waals surface area contributed by atoms with Crippen LogP contribution in [0.4, 0.5) is 0 Å². The molecular weight excluding hydrogens is 348 g/mol. The Balaban J connectivity index is 1.84. The van der Waals surface area contributed by atoms with Crippen LogP contribution in [0.15, 0.2) is 5.16 Å². The molecule has 1 aromatic rings. The van der Waals surface area contributed by atoms with E-state index >= 15 is 0 Å². The van der Waals surface area contributed by atoms with Gasteiger partial charge in [0.15, 0.2) is 5.16 Å². The molecule has 1 amide bonds. The van der Waals surface area contributed by atoms with Crippen molar-refractivity contribution in [3.05, 3.63) is 11.4 Å². The molecule has 6 nitrogen and oxygen atoms in total. The molecule has 0 atom stereocenters. The number of ether oxygens (including phenoxy) is 1. The van der Waals surface area contributed by atoms with E-state index in [0.29, 0.717) is 12.3 Å². The van der Waals surface area contributed by atoms with Crippen molar-refractivity contribution in [3.63, 3.8) is 0 Å². The van der Waals surface area contributed by atoms with Crippen LogP contribution in [-0.2, 0) is 16.1 Å². The highest BCUT2D eigenvalue weighted by atomic mass is 32.2. The number of carbonyl (C=O) groups excluding carboxylic acids is 1. The molecule has 2 heterocycles. The second kappa shape index (κ2) is 9.76. The lowest BCUT2D eigenvalue weighted by atomic mass is 10.0. The SMILES string of the molecule is CCCCn1c(SCC(=O)NCC(C)(C)N2CCOCC2)nc(C)c1C. The smallest absolute Gasteiger partial charge is 0.230 e. The van der Waals surface area contributed by atoms with Gasteiger partial charge in [0.1, 0.15) is 0 Å². The summed E-state index contributed by atoms with van der Waals surface area (Å²) in [6.07, 6.45) is 2.28. The molecule has 148 valence electrons. The Bertz CT molecular complexity index is 595. The topological polar surface area (TPSA) is 59.4 Å². The third-order valence-corrected chi connectivity index (χ3v) is 6.05. The van der Waals surface area contributed by atoms with Crippen molar-refractivity contribution in [3.8, 4) is 0 Å². The molecule has 1 fully saturated rings. The maximum absolute atomic E-state index is 12.4. The number of thioether (sulfide) groups is 1. The summed E-state index contributed by atoms with van der Waals surface area (Å²) >= 11 is 1.53. The Morgan fingerprint density at radius 3 is 2.65 bits per heavy atom. The monoisotopic (exact) mass is 382 g/mol. The minimum Gasteiger partial charge on any atom is -0.379 e. The van der Waals surface area contributed by atoms with Gasteiger partial charge in [0.05, 0.1) is 24.7 Å². The second-order valence-electron chi connectivity index (χ2n) is 7.55.